The fourth-order valence-electron chi connectivity index (χ4n) is 3.84. The van der Waals surface area contributed by atoms with Gasteiger partial charge in [-0.1, -0.05) is 12.8 Å². The first-order valence-corrected chi connectivity index (χ1v) is 10.0. The van der Waals surface area contributed by atoms with E-state index in [-0.39, 0.29) is 5.91 Å². The Morgan fingerprint density at radius 2 is 1.37 bits per heavy atom. The fourth-order valence-corrected chi connectivity index (χ4v) is 3.84. The second-order valence-corrected chi connectivity index (χ2v) is 7.37. The fraction of sp³-hybridized carbons (Fsp3) is 0.476. The van der Waals surface area contributed by atoms with Crippen LogP contribution in [0.2, 0.25) is 0 Å². The average Bonchev–Trinajstić information content (AvgIpc) is 3.11. The van der Waals surface area contributed by atoms with E-state index in [9.17, 15) is 4.79 Å². The number of nitrogens with one attached hydrogen (secondary N) is 1. The summed E-state index contributed by atoms with van der Waals surface area (Å²) in [6, 6.07) is 11.7. The van der Waals surface area contributed by atoms with Crippen molar-refractivity contribution in [3.05, 3.63) is 42.1 Å². The van der Waals surface area contributed by atoms with Gasteiger partial charge in [-0.15, -0.1) is 10.2 Å². The van der Waals surface area contributed by atoms with E-state index in [0.29, 0.717) is 5.69 Å². The molecular formula is C21H27N5O. The molecule has 1 aromatic heterocycles. The van der Waals surface area contributed by atoms with Crippen LogP contribution in [-0.4, -0.2) is 42.3 Å². The number of rotatable bonds is 4. The molecule has 4 rings (SSSR count). The van der Waals surface area contributed by atoms with Crippen molar-refractivity contribution in [1.29, 1.82) is 0 Å². The van der Waals surface area contributed by atoms with E-state index in [1.165, 1.54) is 44.2 Å². The van der Waals surface area contributed by atoms with Gasteiger partial charge in [0, 0.05) is 37.6 Å². The summed E-state index contributed by atoms with van der Waals surface area (Å²) in [6.07, 6.45) is 7.45. The average molecular weight is 365 g/mol. The van der Waals surface area contributed by atoms with Gasteiger partial charge in [0.15, 0.2) is 11.5 Å². The monoisotopic (exact) mass is 365 g/mol. The Morgan fingerprint density at radius 3 is 2.00 bits per heavy atom. The quantitative estimate of drug-likeness (QED) is 0.895. The minimum absolute atomic E-state index is 0.223. The van der Waals surface area contributed by atoms with Gasteiger partial charge in [-0.3, -0.25) is 4.79 Å². The van der Waals surface area contributed by atoms with Gasteiger partial charge in [0.1, 0.15) is 0 Å². The molecule has 0 spiro atoms. The van der Waals surface area contributed by atoms with E-state index in [0.717, 1.165) is 37.7 Å². The van der Waals surface area contributed by atoms with Gasteiger partial charge >= 0.3 is 0 Å². The number of aromatic nitrogens is 2. The molecule has 2 aliphatic heterocycles. The molecule has 6 heteroatoms. The number of hydrogen-bond acceptors (Lipinski definition) is 5. The lowest BCUT2D eigenvalue weighted by atomic mass is 10.2. The molecule has 0 atom stereocenters. The van der Waals surface area contributed by atoms with Crippen molar-refractivity contribution in [3.8, 4) is 0 Å². The molecule has 2 aliphatic rings. The van der Waals surface area contributed by atoms with E-state index in [4.69, 9.17) is 0 Å². The maximum atomic E-state index is 12.5. The Labute approximate surface area is 160 Å². The molecule has 3 heterocycles. The van der Waals surface area contributed by atoms with Crippen LogP contribution in [0.1, 0.15) is 49.0 Å². The van der Waals surface area contributed by atoms with Gasteiger partial charge in [-0.25, -0.2) is 0 Å². The van der Waals surface area contributed by atoms with Crippen LogP contribution in [0, 0.1) is 0 Å². The predicted octanol–water partition coefficient (Wildman–Crippen LogP) is 3.71. The van der Waals surface area contributed by atoms with Crippen LogP contribution in [0.25, 0.3) is 0 Å². The van der Waals surface area contributed by atoms with Crippen LogP contribution in [0.3, 0.4) is 0 Å². The zero-order valence-corrected chi connectivity index (χ0v) is 15.7. The minimum Gasteiger partial charge on any atom is -0.372 e. The number of benzene rings is 1. The van der Waals surface area contributed by atoms with Crippen LogP contribution in [0.5, 0.6) is 0 Å². The molecule has 27 heavy (non-hydrogen) atoms. The Kier molecular flexibility index (Phi) is 5.51. The highest BCUT2D eigenvalue weighted by Crippen LogP contribution is 2.22. The minimum atomic E-state index is -0.223. The third kappa shape index (κ3) is 4.38. The zero-order valence-electron chi connectivity index (χ0n) is 15.7. The van der Waals surface area contributed by atoms with Crippen molar-refractivity contribution >= 4 is 23.1 Å². The van der Waals surface area contributed by atoms with Crippen molar-refractivity contribution in [1.82, 2.24) is 10.2 Å². The van der Waals surface area contributed by atoms with Crippen LogP contribution < -0.4 is 15.1 Å². The van der Waals surface area contributed by atoms with Crippen molar-refractivity contribution in [2.75, 3.05) is 41.3 Å². The van der Waals surface area contributed by atoms with Crippen LogP contribution in [-0.2, 0) is 0 Å². The molecular weight excluding hydrogens is 338 g/mol. The summed E-state index contributed by atoms with van der Waals surface area (Å²) < 4.78 is 0. The highest BCUT2D eigenvalue weighted by Gasteiger charge is 2.15. The number of hydrogen-bond donors (Lipinski definition) is 1. The van der Waals surface area contributed by atoms with E-state index in [1.807, 2.05) is 18.2 Å². The summed E-state index contributed by atoms with van der Waals surface area (Å²) in [4.78, 5) is 17.1. The summed E-state index contributed by atoms with van der Waals surface area (Å²) in [6.45, 7) is 4.27. The largest absolute Gasteiger partial charge is 0.372 e. The lowest BCUT2D eigenvalue weighted by Gasteiger charge is -2.20. The van der Waals surface area contributed by atoms with Crippen molar-refractivity contribution < 1.29 is 4.79 Å². The molecule has 2 aromatic rings. The molecule has 1 amide bonds. The third-order valence-electron chi connectivity index (χ3n) is 5.41. The summed E-state index contributed by atoms with van der Waals surface area (Å²) >= 11 is 0. The van der Waals surface area contributed by atoms with Crippen molar-refractivity contribution in [3.63, 3.8) is 0 Å². The number of anilines is 3. The van der Waals surface area contributed by atoms with E-state index < -0.39 is 0 Å². The third-order valence-corrected chi connectivity index (χ3v) is 5.41. The molecule has 1 aromatic carbocycles. The molecule has 1 N–H and O–H groups in total. The number of nitrogens with zero attached hydrogens (tertiary/aromatic N) is 4. The van der Waals surface area contributed by atoms with Crippen molar-refractivity contribution in [2.45, 2.75) is 38.5 Å². The SMILES string of the molecule is O=C(Nc1ccc(N2CCCC2)cc1)c1ccc(N2CCCCCC2)nn1. The van der Waals surface area contributed by atoms with Gasteiger partial charge in [0.05, 0.1) is 0 Å². The maximum absolute atomic E-state index is 12.5. The Bertz CT molecular complexity index is 745. The standard InChI is InChI=1S/C21H27N5O/c27-21(22-17-7-9-18(10-8-17)25-13-5-6-14-25)19-11-12-20(24-23-19)26-15-3-1-2-4-16-26/h7-12H,1-6,13-16H2,(H,22,27). The van der Waals surface area contributed by atoms with E-state index in [2.05, 4.69) is 37.4 Å². The first kappa shape index (κ1) is 17.8. The zero-order chi connectivity index (χ0) is 18.5. The molecule has 6 nitrogen and oxygen atoms in total. The summed E-state index contributed by atoms with van der Waals surface area (Å²) in [7, 11) is 0. The topological polar surface area (TPSA) is 61.4 Å². The second-order valence-electron chi connectivity index (χ2n) is 7.37. The highest BCUT2D eigenvalue weighted by atomic mass is 16.1. The van der Waals surface area contributed by atoms with E-state index >= 15 is 0 Å². The molecule has 0 saturated carbocycles. The number of amides is 1. The predicted molar refractivity (Wildman–Crippen MR) is 109 cm³/mol. The van der Waals surface area contributed by atoms with Crippen LogP contribution in [0.15, 0.2) is 36.4 Å². The first-order chi connectivity index (χ1) is 13.3. The van der Waals surface area contributed by atoms with Crippen molar-refractivity contribution in [2.24, 2.45) is 0 Å². The van der Waals surface area contributed by atoms with Crippen LogP contribution in [0.4, 0.5) is 17.2 Å². The highest BCUT2D eigenvalue weighted by molar-refractivity contribution is 6.02. The number of carbonyl (C=O) groups is 1. The molecule has 0 aliphatic carbocycles. The molecule has 2 fully saturated rings. The molecule has 0 unspecified atom stereocenters. The van der Waals surface area contributed by atoms with Gasteiger partial charge in [-0.2, -0.15) is 0 Å². The molecule has 0 bridgehead atoms. The molecule has 0 radical (unpaired) electrons. The number of carbonyl (C=O) groups excluding carboxylic acids is 1. The Morgan fingerprint density at radius 1 is 0.741 bits per heavy atom. The molecule has 142 valence electrons. The summed E-state index contributed by atoms with van der Waals surface area (Å²) in [5.74, 6) is 0.641. The molecule has 2 saturated heterocycles. The lowest BCUT2D eigenvalue weighted by molar-refractivity contribution is 0.102. The normalized spacial score (nSPS) is 17.6. The van der Waals surface area contributed by atoms with Gasteiger partial charge in [-0.05, 0) is 62.1 Å². The van der Waals surface area contributed by atoms with Gasteiger partial charge in [0.2, 0.25) is 0 Å². The van der Waals surface area contributed by atoms with Gasteiger partial charge in [0.25, 0.3) is 5.91 Å². The summed E-state index contributed by atoms with van der Waals surface area (Å²) in [5, 5.41) is 11.3. The lowest BCUT2D eigenvalue weighted by Crippen LogP contribution is -2.25. The maximum Gasteiger partial charge on any atom is 0.276 e. The Hall–Kier alpha value is -2.63. The first-order valence-electron chi connectivity index (χ1n) is 10.0. The smallest absolute Gasteiger partial charge is 0.276 e. The van der Waals surface area contributed by atoms with E-state index in [1.54, 1.807) is 6.07 Å². The summed E-state index contributed by atoms with van der Waals surface area (Å²) in [5.41, 5.74) is 2.34. The van der Waals surface area contributed by atoms with Gasteiger partial charge < -0.3 is 15.1 Å². The van der Waals surface area contributed by atoms with Crippen LogP contribution >= 0.6 is 0 Å². The second kappa shape index (κ2) is 8.37. The Balaban J connectivity index is 1.37.